The molecule has 1 saturated heterocycles. The predicted octanol–water partition coefficient (Wildman–Crippen LogP) is 3.09. The molecular formula is C23H28N2O3. The molecule has 0 saturated carbocycles. The molecule has 1 aliphatic heterocycles. The number of carbonyl (C=O) groups excluding carboxylic acids is 2. The van der Waals surface area contributed by atoms with Crippen LogP contribution in [0.5, 0.6) is 5.75 Å². The normalized spacial score (nSPS) is 17.1. The van der Waals surface area contributed by atoms with E-state index in [-0.39, 0.29) is 24.3 Å². The molecule has 0 radical (unpaired) electrons. The molecule has 2 aromatic carbocycles. The van der Waals surface area contributed by atoms with E-state index >= 15 is 0 Å². The topological polar surface area (TPSA) is 58.6 Å². The molecule has 1 N–H and O–H groups in total. The summed E-state index contributed by atoms with van der Waals surface area (Å²) in [6.07, 6.45) is 3.12. The van der Waals surface area contributed by atoms with Gasteiger partial charge in [0, 0.05) is 24.7 Å². The number of rotatable bonds is 8. The molecule has 0 aromatic heterocycles. The molecule has 1 heterocycles. The highest BCUT2D eigenvalue weighted by Crippen LogP contribution is 2.14. The quantitative estimate of drug-likeness (QED) is 0.715. The SMILES string of the molecule is CC(=O)c1ccc(OCC(=O)N[C@H]2CCCN(CCc3ccccc3)C2)cc1. The van der Waals surface area contributed by atoms with Crippen molar-refractivity contribution < 1.29 is 14.3 Å². The van der Waals surface area contributed by atoms with Crippen molar-refractivity contribution in [1.29, 1.82) is 0 Å². The molecule has 1 amide bonds. The summed E-state index contributed by atoms with van der Waals surface area (Å²) in [7, 11) is 0. The Balaban J connectivity index is 1.40. The van der Waals surface area contributed by atoms with Crippen LogP contribution in [0.4, 0.5) is 0 Å². The van der Waals surface area contributed by atoms with Gasteiger partial charge in [-0.15, -0.1) is 0 Å². The fourth-order valence-electron chi connectivity index (χ4n) is 3.51. The Labute approximate surface area is 166 Å². The van der Waals surface area contributed by atoms with Crippen LogP contribution < -0.4 is 10.1 Å². The van der Waals surface area contributed by atoms with E-state index in [0.717, 1.165) is 38.9 Å². The third-order valence-electron chi connectivity index (χ3n) is 5.06. The van der Waals surface area contributed by atoms with Gasteiger partial charge < -0.3 is 15.0 Å². The summed E-state index contributed by atoms with van der Waals surface area (Å²) in [4.78, 5) is 25.9. The van der Waals surface area contributed by atoms with E-state index in [1.807, 2.05) is 6.07 Å². The monoisotopic (exact) mass is 380 g/mol. The van der Waals surface area contributed by atoms with Crippen LogP contribution >= 0.6 is 0 Å². The molecule has 2 aromatic rings. The zero-order chi connectivity index (χ0) is 19.8. The maximum atomic E-state index is 12.2. The smallest absolute Gasteiger partial charge is 0.258 e. The minimum absolute atomic E-state index is 0.0124. The number of Topliss-reactive ketones (excluding diaryl/α,β-unsaturated/α-hetero) is 1. The molecule has 0 unspecified atom stereocenters. The first-order valence-electron chi connectivity index (χ1n) is 9.89. The zero-order valence-electron chi connectivity index (χ0n) is 16.4. The fourth-order valence-corrected chi connectivity index (χ4v) is 3.51. The third-order valence-corrected chi connectivity index (χ3v) is 5.06. The van der Waals surface area contributed by atoms with Crippen LogP contribution in [0.1, 0.15) is 35.7 Å². The van der Waals surface area contributed by atoms with Crippen LogP contribution in [0.3, 0.4) is 0 Å². The van der Waals surface area contributed by atoms with Crippen molar-refractivity contribution in [3.8, 4) is 5.75 Å². The number of nitrogens with one attached hydrogen (secondary N) is 1. The first-order valence-corrected chi connectivity index (χ1v) is 9.89. The lowest BCUT2D eigenvalue weighted by atomic mass is 10.0. The maximum absolute atomic E-state index is 12.2. The summed E-state index contributed by atoms with van der Waals surface area (Å²) in [6.45, 7) is 4.48. The Morgan fingerprint density at radius 1 is 1.11 bits per heavy atom. The highest BCUT2D eigenvalue weighted by molar-refractivity contribution is 5.94. The van der Waals surface area contributed by atoms with Crippen molar-refractivity contribution in [3.63, 3.8) is 0 Å². The van der Waals surface area contributed by atoms with E-state index in [2.05, 4.69) is 34.5 Å². The van der Waals surface area contributed by atoms with Crippen LogP contribution in [-0.4, -0.2) is 48.9 Å². The zero-order valence-corrected chi connectivity index (χ0v) is 16.4. The van der Waals surface area contributed by atoms with E-state index in [1.54, 1.807) is 24.3 Å². The van der Waals surface area contributed by atoms with Gasteiger partial charge in [0.15, 0.2) is 12.4 Å². The predicted molar refractivity (Wildman–Crippen MR) is 110 cm³/mol. The number of carbonyl (C=O) groups is 2. The molecule has 1 fully saturated rings. The van der Waals surface area contributed by atoms with Crippen LogP contribution in [0.25, 0.3) is 0 Å². The summed E-state index contributed by atoms with van der Waals surface area (Å²) < 4.78 is 5.54. The molecule has 1 aliphatic rings. The van der Waals surface area contributed by atoms with E-state index < -0.39 is 0 Å². The average molecular weight is 380 g/mol. The summed E-state index contributed by atoms with van der Waals surface area (Å²) in [5, 5.41) is 3.09. The fraction of sp³-hybridized carbons (Fsp3) is 0.391. The van der Waals surface area contributed by atoms with Gasteiger partial charge in [0.2, 0.25) is 0 Å². The van der Waals surface area contributed by atoms with Gasteiger partial charge in [0.05, 0.1) is 0 Å². The average Bonchev–Trinajstić information content (AvgIpc) is 2.72. The number of piperidine rings is 1. The summed E-state index contributed by atoms with van der Waals surface area (Å²) >= 11 is 0. The number of hydrogen-bond acceptors (Lipinski definition) is 4. The van der Waals surface area contributed by atoms with E-state index in [4.69, 9.17) is 4.74 Å². The maximum Gasteiger partial charge on any atom is 0.258 e. The van der Waals surface area contributed by atoms with Crippen molar-refractivity contribution in [1.82, 2.24) is 10.2 Å². The van der Waals surface area contributed by atoms with Crippen molar-refractivity contribution >= 4 is 11.7 Å². The highest BCUT2D eigenvalue weighted by Gasteiger charge is 2.21. The van der Waals surface area contributed by atoms with Crippen LogP contribution in [0, 0.1) is 0 Å². The van der Waals surface area contributed by atoms with Gasteiger partial charge >= 0.3 is 0 Å². The number of amides is 1. The van der Waals surface area contributed by atoms with E-state index in [1.165, 1.54) is 12.5 Å². The van der Waals surface area contributed by atoms with Crippen LogP contribution in [0.2, 0.25) is 0 Å². The summed E-state index contributed by atoms with van der Waals surface area (Å²) in [5.41, 5.74) is 1.98. The Hall–Kier alpha value is -2.66. The van der Waals surface area contributed by atoms with Crippen LogP contribution in [0.15, 0.2) is 54.6 Å². The first kappa shape index (κ1) is 20.1. The second kappa shape index (κ2) is 10.0. The van der Waals surface area contributed by atoms with Gasteiger partial charge in [-0.25, -0.2) is 0 Å². The van der Waals surface area contributed by atoms with Crippen molar-refractivity contribution in [2.45, 2.75) is 32.2 Å². The summed E-state index contributed by atoms with van der Waals surface area (Å²) in [5.74, 6) is 0.497. The number of hydrogen-bond donors (Lipinski definition) is 1. The molecule has 0 bridgehead atoms. The summed E-state index contributed by atoms with van der Waals surface area (Å²) in [6, 6.07) is 17.5. The minimum atomic E-state index is -0.106. The Morgan fingerprint density at radius 3 is 2.57 bits per heavy atom. The van der Waals surface area contributed by atoms with Crippen molar-refractivity contribution in [2.24, 2.45) is 0 Å². The standard InChI is InChI=1S/C23H28N2O3/c1-18(26)20-9-11-22(12-10-20)28-17-23(27)24-21-8-5-14-25(16-21)15-13-19-6-3-2-4-7-19/h2-4,6-7,9-12,21H,5,8,13-17H2,1H3,(H,24,27)/t21-/m0/s1. The third kappa shape index (κ3) is 6.20. The Kier molecular flexibility index (Phi) is 7.20. The number of ketones is 1. The van der Waals surface area contributed by atoms with Gasteiger partial charge in [-0.1, -0.05) is 30.3 Å². The lowest BCUT2D eigenvalue weighted by Gasteiger charge is -2.33. The van der Waals surface area contributed by atoms with Gasteiger partial charge in [0.25, 0.3) is 5.91 Å². The number of benzene rings is 2. The second-order valence-corrected chi connectivity index (χ2v) is 7.31. The van der Waals surface area contributed by atoms with Gasteiger partial charge in [-0.05, 0) is 62.6 Å². The molecule has 148 valence electrons. The minimum Gasteiger partial charge on any atom is -0.484 e. The second-order valence-electron chi connectivity index (χ2n) is 7.31. The molecule has 5 nitrogen and oxygen atoms in total. The molecular weight excluding hydrogens is 352 g/mol. The Bertz CT molecular complexity index is 774. The largest absolute Gasteiger partial charge is 0.484 e. The van der Waals surface area contributed by atoms with Gasteiger partial charge in [0.1, 0.15) is 5.75 Å². The molecule has 0 aliphatic carbocycles. The van der Waals surface area contributed by atoms with Crippen LogP contribution in [-0.2, 0) is 11.2 Å². The Morgan fingerprint density at radius 2 is 1.86 bits per heavy atom. The van der Waals surface area contributed by atoms with E-state index in [9.17, 15) is 9.59 Å². The number of nitrogens with zero attached hydrogens (tertiary/aromatic N) is 1. The van der Waals surface area contributed by atoms with E-state index in [0.29, 0.717) is 11.3 Å². The van der Waals surface area contributed by atoms with Crippen molar-refractivity contribution in [2.75, 3.05) is 26.2 Å². The molecule has 0 spiro atoms. The lowest BCUT2D eigenvalue weighted by Crippen LogP contribution is -2.49. The van der Waals surface area contributed by atoms with Gasteiger partial charge in [-0.3, -0.25) is 9.59 Å². The molecule has 28 heavy (non-hydrogen) atoms. The van der Waals surface area contributed by atoms with Crippen molar-refractivity contribution in [3.05, 3.63) is 65.7 Å². The lowest BCUT2D eigenvalue weighted by molar-refractivity contribution is -0.124. The molecule has 3 rings (SSSR count). The molecule has 5 heteroatoms. The number of likely N-dealkylation sites (tertiary alicyclic amines) is 1. The van der Waals surface area contributed by atoms with Gasteiger partial charge in [-0.2, -0.15) is 0 Å². The molecule has 1 atom stereocenters. The number of ether oxygens (including phenoxy) is 1. The first-order chi connectivity index (χ1) is 13.6. The highest BCUT2D eigenvalue weighted by atomic mass is 16.5.